The predicted octanol–water partition coefficient (Wildman–Crippen LogP) is 6.45. The molecule has 0 aliphatic rings. The summed E-state index contributed by atoms with van der Waals surface area (Å²) in [6.07, 6.45) is -12.8. The lowest BCUT2D eigenvalue weighted by atomic mass is 9.90. The second kappa shape index (κ2) is 7.60. The predicted molar refractivity (Wildman–Crippen MR) is 79.5 cm³/mol. The van der Waals surface area contributed by atoms with E-state index in [1.165, 1.54) is 28.7 Å². The van der Waals surface area contributed by atoms with Gasteiger partial charge in [0.05, 0.1) is 6.10 Å². The molecule has 0 amide bonds. The summed E-state index contributed by atoms with van der Waals surface area (Å²) in [6, 6.07) is 4.43. The maximum atomic E-state index is 13.7. The molecule has 1 N–H and O–H groups in total. The molecule has 1 nitrogen and oxygen atoms in total. The highest BCUT2D eigenvalue weighted by Gasteiger charge is 2.90. The van der Waals surface area contributed by atoms with Gasteiger partial charge in [0.1, 0.15) is 0 Å². The number of hydrogen-bond donors (Lipinski definition) is 1. The summed E-state index contributed by atoms with van der Waals surface area (Å²) in [4.78, 5) is 0. The minimum absolute atomic E-state index is 0.0441. The van der Waals surface area contributed by atoms with Crippen LogP contribution in [0.15, 0.2) is 24.3 Å². The van der Waals surface area contributed by atoms with Gasteiger partial charge < -0.3 is 5.11 Å². The summed E-state index contributed by atoms with van der Waals surface area (Å²) in [6.45, 7) is 0. The Kier molecular flexibility index (Phi) is 6.82. The van der Waals surface area contributed by atoms with E-state index in [1.807, 2.05) is 0 Å². The summed E-state index contributed by atoms with van der Waals surface area (Å²) in [5.41, 5.74) is -0.528. The fraction of sp³-hybridized carbons (Fsp3) is 0.571. The molecule has 29 heavy (non-hydrogen) atoms. The minimum Gasteiger partial charge on any atom is -0.388 e. The molecule has 0 saturated heterocycles. The SMILES string of the molecule is OC(CC(F)(F)C(F)(F)C(F)(F)C(F)(F)C(F)(F)C(F)(F)F)c1ccccc1I. The molecule has 168 valence electrons. The molecule has 0 bridgehead atoms. The summed E-state index contributed by atoms with van der Waals surface area (Å²) in [7, 11) is 0. The summed E-state index contributed by atoms with van der Waals surface area (Å²) in [5, 5.41) is 9.58. The first kappa shape index (κ1) is 26.0. The van der Waals surface area contributed by atoms with E-state index < -0.39 is 53.9 Å². The van der Waals surface area contributed by atoms with Gasteiger partial charge >= 0.3 is 35.8 Å². The lowest BCUT2D eigenvalue weighted by Gasteiger charge is -2.40. The highest BCUT2D eigenvalue weighted by Crippen LogP contribution is 2.61. The van der Waals surface area contributed by atoms with Crippen LogP contribution >= 0.6 is 22.6 Å². The maximum Gasteiger partial charge on any atom is 0.460 e. The summed E-state index contributed by atoms with van der Waals surface area (Å²) >= 11 is 1.41. The van der Waals surface area contributed by atoms with Crippen molar-refractivity contribution in [3.63, 3.8) is 0 Å². The van der Waals surface area contributed by atoms with E-state index in [0.29, 0.717) is 0 Å². The van der Waals surface area contributed by atoms with Gasteiger partial charge in [-0.15, -0.1) is 0 Å². The molecule has 0 heterocycles. The normalized spacial score (nSPS) is 16.1. The monoisotopic (exact) mass is 566 g/mol. The van der Waals surface area contributed by atoms with Crippen molar-refractivity contribution in [1.29, 1.82) is 0 Å². The third kappa shape index (κ3) is 4.12. The first-order valence-corrected chi connectivity index (χ1v) is 8.11. The van der Waals surface area contributed by atoms with Crippen molar-refractivity contribution in [2.75, 3.05) is 0 Å². The van der Waals surface area contributed by atoms with E-state index in [4.69, 9.17) is 0 Å². The van der Waals surface area contributed by atoms with E-state index >= 15 is 0 Å². The molecule has 0 aliphatic heterocycles. The zero-order valence-electron chi connectivity index (χ0n) is 13.3. The van der Waals surface area contributed by atoms with Crippen LogP contribution < -0.4 is 0 Å². The molecule has 1 aromatic rings. The molecule has 1 atom stereocenters. The number of aliphatic hydroxyl groups excluding tert-OH is 1. The van der Waals surface area contributed by atoms with Crippen LogP contribution in [0.25, 0.3) is 0 Å². The zero-order chi connectivity index (χ0) is 23.3. The van der Waals surface area contributed by atoms with Crippen LogP contribution in [0, 0.1) is 3.57 Å². The first-order chi connectivity index (χ1) is 12.6. The third-order valence-electron chi connectivity index (χ3n) is 3.71. The van der Waals surface area contributed by atoms with E-state index in [-0.39, 0.29) is 3.57 Å². The Balaban J connectivity index is 3.37. The van der Waals surface area contributed by atoms with Gasteiger partial charge in [0.15, 0.2) is 0 Å². The molecule has 15 heteroatoms. The fourth-order valence-corrected chi connectivity index (χ4v) is 2.78. The zero-order valence-corrected chi connectivity index (χ0v) is 15.5. The molecule has 0 spiro atoms. The molecule has 0 aliphatic carbocycles. The van der Waals surface area contributed by atoms with Crippen LogP contribution in [0.4, 0.5) is 57.1 Å². The van der Waals surface area contributed by atoms with Crippen molar-refractivity contribution in [3.8, 4) is 0 Å². The standard InChI is InChI=1S/C14H8F13IO/c15-9(16,5-8(29)6-3-1-2-4-7(6)28)10(17,18)11(19,20)12(21,22)13(23,24)14(25,26)27/h1-4,8,29H,5H2. The van der Waals surface area contributed by atoms with Gasteiger partial charge in [0.25, 0.3) is 0 Å². The Morgan fingerprint density at radius 3 is 1.52 bits per heavy atom. The maximum absolute atomic E-state index is 13.7. The molecule has 1 unspecified atom stereocenters. The molecule has 0 fully saturated rings. The van der Waals surface area contributed by atoms with Gasteiger partial charge in [0, 0.05) is 9.99 Å². The van der Waals surface area contributed by atoms with Crippen molar-refractivity contribution in [3.05, 3.63) is 33.4 Å². The fourth-order valence-electron chi connectivity index (χ4n) is 2.03. The second-order valence-corrected chi connectivity index (χ2v) is 6.90. The number of aliphatic hydroxyl groups is 1. The average Bonchev–Trinajstić information content (AvgIpc) is 2.52. The summed E-state index contributed by atoms with van der Waals surface area (Å²) < 4.78 is 169. The van der Waals surface area contributed by atoms with Gasteiger partial charge in [-0.25, -0.2) is 0 Å². The number of alkyl halides is 13. The van der Waals surface area contributed by atoms with Crippen LogP contribution in [0.2, 0.25) is 0 Å². The molecule has 1 rings (SSSR count). The van der Waals surface area contributed by atoms with Crippen LogP contribution in [0.1, 0.15) is 18.1 Å². The van der Waals surface area contributed by atoms with E-state index in [9.17, 15) is 62.2 Å². The van der Waals surface area contributed by atoms with E-state index in [0.717, 1.165) is 18.2 Å². The second-order valence-electron chi connectivity index (χ2n) is 5.74. The smallest absolute Gasteiger partial charge is 0.388 e. The number of rotatable bonds is 7. The van der Waals surface area contributed by atoms with E-state index in [2.05, 4.69) is 0 Å². The topological polar surface area (TPSA) is 20.2 Å². The van der Waals surface area contributed by atoms with Gasteiger partial charge in [-0.05, 0) is 34.2 Å². The Hall–Kier alpha value is -1.00. The van der Waals surface area contributed by atoms with Gasteiger partial charge in [-0.1, -0.05) is 18.2 Å². The van der Waals surface area contributed by atoms with Gasteiger partial charge in [-0.2, -0.15) is 57.1 Å². The van der Waals surface area contributed by atoms with Gasteiger partial charge in [-0.3, -0.25) is 0 Å². The molecule has 0 aromatic heterocycles. The summed E-state index contributed by atoms with van der Waals surface area (Å²) in [5.74, 6) is -37.3. The van der Waals surface area contributed by atoms with Crippen molar-refractivity contribution in [1.82, 2.24) is 0 Å². The first-order valence-electron chi connectivity index (χ1n) is 7.03. The molecular formula is C14H8F13IO. The van der Waals surface area contributed by atoms with Crippen LogP contribution in [0.5, 0.6) is 0 Å². The Morgan fingerprint density at radius 2 is 1.10 bits per heavy atom. The number of halogens is 14. The Bertz CT molecular complexity index is 728. The van der Waals surface area contributed by atoms with Crippen LogP contribution in [-0.4, -0.2) is 40.9 Å². The number of benzene rings is 1. The Labute approximate surface area is 167 Å². The lowest BCUT2D eigenvalue weighted by Crippen LogP contribution is -2.70. The van der Waals surface area contributed by atoms with Crippen molar-refractivity contribution in [2.24, 2.45) is 0 Å². The highest BCUT2D eigenvalue weighted by atomic mass is 127. The molecule has 1 aromatic carbocycles. The largest absolute Gasteiger partial charge is 0.460 e. The van der Waals surface area contributed by atoms with Gasteiger partial charge in [0.2, 0.25) is 0 Å². The molecule has 0 saturated carbocycles. The van der Waals surface area contributed by atoms with Crippen molar-refractivity contribution >= 4 is 22.6 Å². The van der Waals surface area contributed by atoms with Crippen LogP contribution in [0.3, 0.4) is 0 Å². The molecule has 0 radical (unpaired) electrons. The Morgan fingerprint density at radius 1 is 0.690 bits per heavy atom. The van der Waals surface area contributed by atoms with E-state index in [1.54, 1.807) is 0 Å². The number of hydrogen-bond acceptors (Lipinski definition) is 1. The molecular weight excluding hydrogens is 558 g/mol. The highest BCUT2D eigenvalue weighted by molar-refractivity contribution is 14.1. The van der Waals surface area contributed by atoms with Crippen LogP contribution in [-0.2, 0) is 0 Å². The minimum atomic E-state index is -7.95. The average molecular weight is 566 g/mol. The van der Waals surface area contributed by atoms with Crippen molar-refractivity contribution < 1.29 is 62.2 Å². The lowest BCUT2D eigenvalue weighted by molar-refractivity contribution is -0.440. The van der Waals surface area contributed by atoms with Crippen molar-refractivity contribution in [2.45, 2.75) is 48.3 Å². The quantitative estimate of drug-likeness (QED) is 0.297. The third-order valence-corrected chi connectivity index (χ3v) is 4.69.